The molecule has 31 heavy (non-hydrogen) atoms. The van der Waals surface area contributed by atoms with Crippen molar-refractivity contribution in [2.45, 2.75) is 32.7 Å². The Hall–Kier alpha value is -3.67. The monoisotopic (exact) mass is 416 g/mol. The zero-order valence-electron chi connectivity index (χ0n) is 17.6. The minimum absolute atomic E-state index is 0.124. The number of nitrogens with zero attached hydrogens (tertiary/aromatic N) is 2. The highest BCUT2D eigenvalue weighted by atomic mass is 16.5. The fraction of sp³-hybridized carbons (Fsp3) is 0.240. The van der Waals surface area contributed by atoms with Crippen LogP contribution in [0.25, 0.3) is 0 Å². The van der Waals surface area contributed by atoms with E-state index in [9.17, 15) is 9.59 Å². The third-order valence-corrected chi connectivity index (χ3v) is 5.37. The maximum atomic E-state index is 12.9. The molecule has 0 N–H and O–H groups in total. The molecule has 1 atom stereocenters. The summed E-state index contributed by atoms with van der Waals surface area (Å²) in [7, 11) is 0. The van der Waals surface area contributed by atoms with Crippen LogP contribution in [0.1, 0.15) is 40.5 Å². The van der Waals surface area contributed by atoms with Crippen LogP contribution in [0.5, 0.6) is 0 Å². The quantitative estimate of drug-likeness (QED) is 0.560. The minimum Gasteiger partial charge on any atom is -0.467 e. The number of benzene rings is 2. The average Bonchev–Trinajstić information content (AvgIpc) is 3.44. The molecule has 0 bridgehead atoms. The van der Waals surface area contributed by atoms with Gasteiger partial charge in [-0.2, -0.15) is 5.10 Å². The molecule has 0 spiro atoms. The second kappa shape index (κ2) is 9.00. The Morgan fingerprint density at radius 2 is 1.84 bits per heavy atom. The Balaban J connectivity index is 1.46. The largest absolute Gasteiger partial charge is 0.467 e. The smallest absolute Gasteiger partial charge is 0.310 e. The number of furan rings is 1. The number of carbonyl (C=O) groups excluding carboxylic acids is 2. The number of ether oxygens (including phenoxy) is 1. The van der Waals surface area contributed by atoms with E-state index in [1.54, 1.807) is 12.3 Å². The molecular weight excluding hydrogens is 392 g/mol. The van der Waals surface area contributed by atoms with Gasteiger partial charge in [0.1, 0.15) is 11.8 Å². The molecule has 6 nitrogen and oxygen atoms in total. The lowest BCUT2D eigenvalue weighted by Crippen LogP contribution is -2.31. The van der Waals surface area contributed by atoms with Gasteiger partial charge in [0.2, 0.25) is 0 Å². The number of hydrogen-bond acceptors (Lipinski definition) is 5. The van der Waals surface area contributed by atoms with Gasteiger partial charge in [0.15, 0.2) is 6.61 Å². The molecule has 0 unspecified atom stereocenters. The van der Waals surface area contributed by atoms with Crippen LogP contribution >= 0.6 is 0 Å². The van der Waals surface area contributed by atoms with Crippen molar-refractivity contribution >= 4 is 17.6 Å². The number of aryl methyl sites for hydroxylation is 2. The maximum Gasteiger partial charge on any atom is 0.310 e. The molecule has 1 amide bonds. The molecule has 158 valence electrons. The van der Waals surface area contributed by atoms with Crippen LogP contribution in [0.15, 0.2) is 76.4 Å². The molecule has 0 fully saturated rings. The van der Waals surface area contributed by atoms with Crippen molar-refractivity contribution in [1.82, 2.24) is 5.01 Å². The van der Waals surface area contributed by atoms with Gasteiger partial charge in [0.05, 0.1) is 18.4 Å². The van der Waals surface area contributed by atoms with E-state index in [0.29, 0.717) is 12.2 Å². The van der Waals surface area contributed by atoms with E-state index in [1.165, 1.54) is 5.01 Å². The summed E-state index contributed by atoms with van der Waals surface area (Å²) in [6.45, 7) is 3.59. The first-order valence-corrected chi connectivity index (χ1v) is 10.2. The van der Waals surface area contributed by atoms with Gasteiger partial charge >= 0.3 is 5.97 Å². The zero-order valence-corrected chi connectivity index (χ0v) is 17.6. The van der Waals surface area contributed by atoms with Crippen LogP contribution in [0.3, 0.4) is 0 Å². The van der Waals surface area contributed by atoms with Gasteiger partial charge in [-0.15, -0.1) is 0 Å². The van der Waals surface area contributed by atoms with E-state index >= 15 is 0 Å². The highest BCUT2D eigenvalue weighted by Crippen LogP contribution is 2.33. The predicted molar refractivity (Wildman–Crippen MR) is 116 cm³/mol. The van der Waals surface area contributed by atoms with Gasteiger partial charge < -0.3 is 9.15 Å². The summed E-state index contributed by atoms with van der Waals surface area (Å²) in [6.07, 6.45) is 2.23. The molecule has 0 saturated carbocycles. The number of amides is 1. The standard InChI is InChI=1S/C25H24N2O4/c1-17-9-11-19(12-10-17)21-15-22(23-8-5-13-30-23)27(26-21)24(28)16-31-25(29)14-20-7-4-3-6-18(20)2/h3-13,22H,14-16H2,1-2H3/t22-/m0/s1. The van der Waals surface area contributed by atoms with Crippen LogP contribution in [0, 0.1) is 13.8 Å². The summed E-state index contributed by atoms with van der Waals surface area (Å²) in [4.78, 5) is 25.2. The number of hydrazone groups is 1. The Morgan fingerprint density at radius 1 is 1.06 bits per heavy atom. The number of rotatable bonds is 6. The second-order valence-electron chi connectivity index (χ2n) is 7.65. The Kier molecular flexibility index (Phi) is 5.98. The lowest BCUT2D eigenvalue weighted by atomic mass is 10.0. The lowest BCUT2D eigenvalue weighted by molar-refractivity contribution is -0.152. The molecule has 3 aromatic rings. The third kappa shape index (κ3) is 4.74. The summed E-state index contributed by atoms with van der Waals surface area (Å²) in [5.74, 6) is -0.189. The van der Waals surface area contributed by atoms with Gasteiger partial charge in [-0.3, -0.25) is 9.59 Å². The van der Waals surface area contributed by atoms with E-state index in [2.05, 4.69) is 5.10 Å². The molecule has 1 aliphatic heterocycles. The summed E-state index contributed by atoms with van der Waals surface area (Å²) < 4.78 is 10.8. The SMILES string of the molecule is Cc1ccc(C2=NN(C(=O)COC(=O)Cc3ccccc3C)[C@H](c3ccco3)C2)cc1. The first kappa shape index (κ1) is 20.6. The molecule has 0 saturated heterocycles. The maximum absolute atomic E-state index is 12.9. The van der Waals surface area contributed by atoms with Gasteiger partial charge in [0, 0.05) is 6.42 Å². The Bertz CT molecular complexity index is 1100. The molecule has 4 rings (SSSR count). The summed E-state index contributed by atoms with van der Waals surface area (Å²) >= 11 is 0. The highest BCUT2D eigenvalue weighted by Gasteiger charge is 2.35. The van der Waals surface area contributed by atoms with Gasteiger partial charge in [-0.25, -0.2) is 5.01 Å². The summed E-state index contributed by atoms with van der Waals surface area (Å²) in [6, 6.07) is 18.8. The van der Waals surface area contributed by atoms with E-state index in [1.807, 2.05) is 68.4 Å². The number of carbonyl (C=O) groups is 2. The minimum atomic E-state index is -0.445. The van der Waals surface area contributed by atoms with Crippen molar-refractivity contribution in [1.29, 1.82) is 0 Å². The first-order chi connectivity index (χ1) is 15.0. The predicted octanol–water partition coefficient (Wildman–Crippen LogP) is 4.36. The molecule has 2 aromatic carbocycles. The Morgan fingerprint density at radius 3 is 2.55 bits per heavy atom. The van der Waals surface area contributed by atoms with Crippen LogP contribution in [-0.4, -0.2) is 29.2 Å². The van der Waals surface area contributed by atoms with Crippen molar-refractivity contribution in [3.8, 4) is 0 Å². The van der Waals surface area contributed by atoms with Crippen molar-refractivity contribution in [2.24, 2.45) is 5.10 Å². The van der Waals surface area contributed by atoms with E-state index in [4.69, 9.17) is 9.15 Å². The van der Waals surface area contributed by atoms with Crippen LogP contribution in [0.4, 0.5) is 0 Å². The second-order valence-corrected chi connectivity index (χ2v) is 7.65. The van der Waals surface area contributed by atoms with E-state index in [0.717, 1.165) is 28.0 Å². The summed E-state index contributed by atoms with van der Waals surface area (Å²) in [5, 5.41) is 5.92. The van der Waals surface area contributed by atoms with Crippen molar-refractivity contribution in [3.05, 3.63) is 94.9 Å². The van der Waals surface area contributed by atoms with Gasteiger partial charge in [-0.05, 0) is 42.7 Å². The lowest BCUT2D eigenvalue weighted by Gasteiger charge is -2.19. The molecule has 1 aromatic heterocycles. The van der Waals surface area contributed by atoms with E-state index < -0.39 is 5.97 Å². The third-order valence-electron chi connectivity index (χ3n) is 5.37. The number of hydrogen-bond donors (Lipinski definition) is 0. The zero-order chi connectivity index (χ0) is 21.8. The van der Waals surface area contributed by atoms with Crippen molar-refractivity contribution < 1.29 is 18.7 Å². The van der Waals surface area contributed by atoms with Crippen molar-refractivity contribution in [3.63, 3.8) is 0 Å². The fourth-order valence-corrected chi connectivity index (χ4v) is 3.59. The fourth-order valence-electron chi connectivity index (χ4n) is 3.59. The first-order valence-electron chi connectivity index (χ1n) is 10.2. The topological polar surface area (TPSA) is 72.1 Å². The molecule has 2 heterocycles. The van der Waals surface area contributed by atoms with Crippen LogP contribution < -0.4 is 0 Å². The number of esters is 1. The Labute approximate surface area is 181 Å². The molecule has 1 aliphatic rings. The summed E-state index contributed by atoms with van der Waals surface area (Å²) in [5.41, 5.74) is 4.79. The molecule has 6 heteroatoms. The highest BCUT2D eigenvalue weighted by molar-refractivity contribution is 6.03. The molecule has 0 radical (unpaired) electrons. The normalized spacial score (nSPS) is 15.6. The van der Waals surface area contributed by atoms with Gasteiger partial charge in [0.25, 0.3) is 5.91 Å². The van der Waals surface area contributed by atoms with Crippen molar-refractivity contribution in [2.75, 3.05) is 6.61 Å². The van der Waals surface area contributed by atoms with E-state index in [-0.39, 0.29) is 25.0 Å². The molecular formula is C25H24N2O4. The van der Waals surface area contributed by atoms with Gasteiger partial charge in [-0.1, -0.05) is 54.1 Å². The van der Waals surface area contributed by atoms with Crippen LogP contribution in [-0.2, 0) is 20.7 Å². The van der Waals surface area contributed by atoms with Crippen LogP contribution in [0.2, 0.25) is 0 Å². The average molecular weight is 416 g/mol. The molecule has 0 aliphatic carbocycles.